The van der Waals surface area contributed by atoms with Crippen molar-refractivity contribution in [3.8, 4) is 11.5 Å². The second-order valence-corrected chi connectivity index (χ2v) is 12.1. The molecule has 1 aromatic carbocycles. The lowest BCUT2D eigenvalue weighted by Gasteiger charge is -2.10. The monoisotopic (exact) mass is 510 g/mol. The first-order chi connectivity index (χ1) is 16.7. The van der Waals surface area contributed by atoms with Crippen LogP contribution in [0.5, 0.6) is 11.5 Å². The molecule has 2 N–H and O–H groups in total. The molecule has 0 heterocycles. The topological polar surface area (TPSA) is 40.5 Å². The maximum atomic E-state index is 10.4. The molecule has 34 heavy (non-hydrogen) atoms. The van der Waals surface area contributed by atoms with Gasteiger partial charge in [0.1, 0.15) is 11.5 Å². The first kappa shape index (κ1) is 31.5. The Kier molecular flexibility index (Phi) is 21.3. The molecule has 0 saturated carbocycles. The molecule has 0 bridgehead atoms. The van der Waals surface area contributed by atoms with E-state index in [-0.39, 0.29) is 0 Å². The number of benzene rings is 1. The van der Waals surface area contributed by atoms with Crippen LogP contribution in [0.4, 0.5) is 0 Å². The fraction of sp³-hybridized carbons (Fsp3) is 0.800. The van der Waals surface area contributed by atoms with Crippen molar-refractivity contribution in [2.75, 3.05) is 11.5 Å². The zero-order chi connectivity index (χ0) is 24.7. The molecule has 198 valence electrons. The molecule has 0 amide bonds. The summed E-state index contributed by atoms with van der Waals surface area (Å²) >= 11 is 3.35. The Labute approximate surface area is 220 Å². The molecule has 4 heteroatoms. The molecule has 0 atom stereocenters. The first-order valence-electron chi connectivity index (χ1n) is 14.5. The Morgan fingerprint density at radius 2 is 0.706 bits per heavy atom. The average molecular weight is 511 g/mol. The first-order valence-corrected chi connectivity index (χ1v) is 16.5. The highest BCUT2D eigenvalue weighted by Crippen LogP contribution is 2.39. The van der Waals surface area contributed by atoms with Crippen molar-refractivity contribution in [2.45, 2.75) is 152 Å². The van der Waals surface area contributed by atoms with Crippen molar-refractivity contribution in [1.82, 2.24) is 0 Å². The van der Waals surface area contributed by atoms with Crippen LogP contribution < -0.4 is 0 Å². The highest BCUT2D eigenvalue weighted by Gasteiger charge is 2.10. The molecule has 0 radical (unpaired) electrons. The van der Waals surface area contributed by atoms with E-state index in [2.05, 4.69) is 13.8 Å². The lowest BCUT2D eigenvalue weighted by Crippen LogP contribution is -1.86. The van der Waals surface area contributed by atoms with Gasteiger partial charge in [0, 0.05) is 0 Å². The molecule has 1 rings (SSSR count). The summed E-state index contributed by atoms with van der Waals surface area (Å²) in [4.78, 5) is 1.63. The quantitative estimate of drug-likeness (QED) is 0.0824. The van der Waals surface area contributed by atoms with E-state index in [0.717, 1.165) is 21.3 Å². The zero-order valence-electron chi connectivity index (χ0n) is 22.4. The van der Waals surface area contributed by atoms with E-state index in [9.17, 15) is 10.2 Å². The summed E-state index contributed by atoms with van der Waals surface area (Å²) in [5.41, 5.74) is 0. The van der Waals surface area contributed by atoms with Crippen LogP contribution >= 0.6 is 23.5 Å². The van der Waals surface area contributed by atoms with Crippen LogP contribution in [0.15, 0.2) is 21.9 Å². The highest BCUT2D eigenvalue weighted by atomic mass is 32.2. The minimum atomic E-state index is 0.320. The van der Waals surface area contributed by atoms with Crippen LogP contribution in [-0.2, 0) is 0 Å². The van der Waals surface area contributed by atoms with Crippen LogP contribution in [0.2, 0.25) is 0 Å². The number of hydrogen-bond donors (Lipinski definition) is 2. The van der Waals surface area contributed by atoms with Gasteiger partial charge in [-0.15, -0.1) is 23.5 Å². The third-order valence-electron chi connectivity index (χ3n) is 6.55. The summed E-state index contributed by atoms with van der Waals surface area (Å²) in [7, 11) is 0. The lowest BCUT2D eigenvalue weighted by atomic mass is 10.1. The van der Waals surface area contributed by atoms with E-state index in [4.69, 9.17) is 0 Å². The van der Waals surface area contributed by atoms with Gasteiger partial charge in [-0.3, -0.25) is 0 Å². The van der Waals surface area contributed by atoms with Crippen molar-refractivity contribution in [2.24, 2.45) is 0 Å². The smallest absolute Gasteiger partial charge is 0.130 e. The van der Waals surface area contributed by atoms with Gasteiger partial charge in [-0.2, -0.15) is 0 Å². The van der Waals surface area contributed by atoms with E-state index in [1.54, 1.807) is 35.7 Å². The molecule has 0 aliphatic carbocycles. The average Bonchev–Trinajstić information content (AvgIpc) is 2.83. The van der Waals surface area contributed by atoms with Gasteiger partial charge in [0.15, 0.2) is 0 Å². The molecule has 1 aromatic rings. The SMILES string of the molecule is CCCCCCCCCCCCSc1cc(O)c(SCCCCCCCCCCCC)cc1O. The highest BCUT2D eigenvalue weighted by molar-refractivity contribution is 7.99. The number of aromatic hydroxyl groups is 2. The van der Waals surface area contributed by atoms with Crippen LogP contribution in [0, 0.1) is 0 Å². The van der Waals surface area contributed by atoms with Crippen molar-refractivity contribution in [3.05, 3.63) is 12.1 Å². The van der Waals surface area contributed by atoms with Crippen molar-refractivity contribution >= 4 is 23.5 Å². The summed E-state index contributed by atoms with van der Waals surface area (Å²) in [5.74, 6) is 2.66. The Balaban J connectivity index is 2.07. The summed E-state index contributed by atoms with van der Waals surface area (Å²) in [6, 6.07) is 3.52. The predicted molar refractivity (Wildman–Crippen MR) is 155 cm³/mol. The molecule has 2 nitrogen and oxygen atoms in total. The van der Waals surface area contributed by atoms with E-state index >= 15 is 0 Å². The fourth-order valence-corrected chi connectivity index (χ4v) is 6.25. The zero-order valence-corrected chi connectivity index (χ0v) is 24.1. The maximum absolute atomic E-state index is 10.4. The number of thioether (sulfide) groups is 2. The fourth-order valence-electron chi connectivity index (χ4n) is 4.31. The van der Waals surface area contributed by atoms with Gasteiger partial charge in [-0.25, -0.2) is 0 Å². The molecule has 0 aliphatic heterocycles. The maximum Gasteiger partial charge on any atom is 0.130 e. The Hall–Kier alpha value is -0.480. The largest absolute Gasteiger partial charge is 0.507 e. The second kappa shape index (κ2) is 23.0. The predicted octanol–water partition coefficient (Wildman–Crippen LogP) is 11.1. The molecular formula is C30H54O2S2. The second-order valence-electron chi connectivity index (χ2n) is 9.85. The Morgan fingerprint density at radius 1 is 0.441 bits per heavy atom. The summed E-state index contributed by atoms with van der Waals surface area (Å²) in [6.45, 7) is 4.54. The number of hydrogen-bond acceptors (Lipinski definition) is 4. The van der Waals surface area contributed by atoms with Gasteiger partial charge >= 0.3 is 0 Å². The van der Waals surface area contributed by atoms with E-state index in [0.29, 0.717) is 11.5 Å². The van der Waals surface area contributed by atoms with Crippen LogP contribution in [0.1, 0.15) is 142 Å². The van der Waals surface area contributed by atoms with Gasteiger partial charge in [0.2, 0.25) is 0 Å². The minimum Gasteiger partial charge on any atom is -0.507 e. The van der Waals surface area contributed by atoms with Crippen LogP contribution in [0.3, 0.4) is 0 Å². The standard InChI is InChI=1S/C30H54O2S2/c1-3-5-7-9-11-13-15-17-19-21-23-33-29-25-28(32)30(26-27(29)31)34-24-22-20-18-16-14-12-10-8-6-4-2/h25-26,31-32H,3-24H2,1-2H3. The molecular weight excluding hydrogens is 456 g/mol. The van der Waals surface area contributed by atoms with Gasteiger partial charge < -0.3 is 10.2 Å². The van der Waals surface area contributed by atoms with Gasteiger partial charge in [-0.05, 0) is 36.5 Å². The van der Waals surface area contributed by atoms with Crippen LogP contribution in [-0.4, -0.2) is 21.7 Å². The molecule has 0 aromatic heterocycles. The molecule has 0 fully saturated rings. The van der Waals surface area contributed by atoms with Crippen molar-refractivity contribution in [3.63, 3.8) is 0 Å². The normalized spacial score (nSPS) is 11.4. The third-order valence-corrected chi connectivity index (χ3v) is 8.81. The third kappa shape index (κ3) is 17.0. The lowest BCUT2D eigenvalue weighted by molar-refractivity contribution is 0.438. The number of phenolic OH excluding ortho intramolecular Hbond substituents is 2. The number of rotatable bonds is 24. The van der Waals surface area contributed by atoms with Gasteiger partial charge in [0.05, 0.1) is 9.79 Å². The Bertz CT molecular complexity index is 540. The Morgan fingerprint density at radius 3 is 1.00 bits per heavy atom. The summed E-state index contributed by atoms with van der Waals surface area (Å²) < 4.78 is 0. The molecule has 0 unspecified atom stereocenters. The summed E-state index contributed by atoms with van der Waals surface area (Å²) in [6.07, 6.45) is 26.8. The number of unbranched alkanes of at least 4 members (excludes halogenated alkanes) is 18. The van der Waals surface area contributed by atoms with Crippen molar-refractivity contribution in [1.29, 1.82) is 0 Å². The van der Waals surface area contributed by atoms with Crippen LogP contribution in [0.25, 0.3) is 0 Å². The van der Waals surface area contributed by atoms with E-state index in [1.807, 2.05) is 0 Å². The minimum absolute atomic E-state index is 0.320. The van der Waals surface area contributed by atoms with E-state index in [1.165, 1.54) is 128 Å². The molecule has 0 aliphatic rings. The van der Waals surface area contributed by atoms with Gasteiger partial charge in [0.25, 0.3) is 0 Å². The van der Waals surface area contributed by atoms with Crippen molar-refractivity contribution < 1.29 is 10.2 Å². The summed E-state index contributed by atoms with van der Waals surface area (Å²) in [5, 5.41) is 20.8. The molecule has 0 saturated heterocycles. The van der Waals surface area contributed by atoms with E-state index < -0.39 is 0 Å². The number of phenols is 2. The molecule has 0 spiro atoms. The van der Waals surface area contributed by atoms with Gasteiger partial charge in [-0.1, -0.05) is 129 Å².